The molecule has 1 aliphatic heterocycles. The molecule has 0 bridgehead atoms. The zero-order valence-corrected chi connectivity index (χ0v) is 24.7. The Hall–Kier alpha value is -4.63. The third-order valence-electron chi connectivity index (χ3n) is 8.31. The van der Waals surface area contributed by atoms with E-state index in [2.05, 4.69) is 10.2 Å². The number of likely N-dealkylation sites (tertiary alicyclic amines) is 1. The van der Waals surface area contributed by atoms with Crippen molar-refractivity contribution < 1.29 is 27.5 Å². The Bertz CT molecular complexity index is 1610. The molecule has 0 atom stereocenters. The first-order chi connectivity index (χ1) is 21.8. The molecule has 9 heteroatoms. The van der Waals surface area contributed by atoms with Crippen molar-refractivity contribution in [3.63, 3.8) is 0 Å². The van der Waals surface area contributed by atoms with Gasteiger partial charge >= 0.3 is 6.18 Å². The van der Waals surface area contributed by atoms with Gasteiger partial charge in [-0.3, -0.25) is 14.5 Å². The lowest BCUT2D eigenvalue weighted by molar-refractivity contribution is -0.161. The van der Waals surface area contributed by atoms with E-state index < -0.39 is 24.5 Å². The lowest BCUT2D eigenvalue weighted by Gasteiger charge is -2.39. The number of amides is 2. The van der Waals surface area contributed by atoms with E-state index in [1.807, 2.05) is 84.9 Å². The second-order valence-electron chi connectivity index (χ2n) is 11.5. The van der Waals surface area contributed by atoms with Crippen LogP contribution in [0.15, 0.2) is 103 Å². The van der Waals surface area contributed by atoms with Crippen LogP contribution in [-0.2, 0) is 4.79 Å². The standard InChI is InChI=1S/C36H34F3N3O3/c37-36(38,39)24-42(35(44)33-29-16-6-4-14-27(29)28-15-5-7-17-30(28)33)21-11-10-20-41-22-25(23-41)40-34(43)31-18-8-9-19-32(31)45-26-12-2-1-3-13-26/h1-9,12-19,25,33H,10-11,20-24H2,(H,40,43). The molecule has 1 heterocycles. The highest BCUT2D eigenvalue weighted by molar-refractivity contribution is 5.97. The molecule has 1 fully saturated rings. The fourth-order valence-corrected chi connectivity index (χ4v) is 6.19. The smallest absolute Gasteiger partial charge is 0.406 e. The Morgan fingerprint density at radius 2 is 1.40 bits per heavy atom. The zero-order valence-electron chi connectivity index (χ0n) is 24.7. The molecule has 1 N–H and O–H groups in total. The summed E-state index contributed by atoms with van der Waals surface area (Å²) in [7, 11) is 0. The van der Waals surface area contributed by atoms with Crippen LogP contribution in [0, 0.1) is 0 Å². The highest BCUT2D eigenvalue weighted by atomic mass is 19.4. The minimum Gasteiger partial charge on any atom is -0.457 e. The topological polar surface area (TPSA) is 61.9 Å². The summed E-state index contributed by atoms with van der Waals surface area (Å²) in [5.41, 5.74) is 3.73. The molecule has 1 saturated heterocycles. The van der Waals surface area contributed by atoms with Gasteiger partial charge in [0.05, 0.1) is 17.5 Å². The zero-order chi connectivity index (χ0) is 31.4. The van der Waals surface area contributed by atoms with Gasteiger partial charge in [0.25, 0.3) is 5.91 Å². The molecule has 0 spiro atoms. The van der Waals surface area contributed by atoms with E-state index in [9.17, 15) is 22.8 Å². The third kappa shape index (κ3) is 7.04. The summed E-state index contributed by atoms with van der Waals surface area (Å²) in [6.07, 6.45) is -3.43. The Kier molecular flexibility index (Phi) is 8.89. The van der Waals surface area contributed by atoms with Crippen LogP contribution in [0.25, 0.3) is 11.1 Å². The molecule has 0 unspecified atom stereocenters. The second-order valence-corrected chi connectivity index (χ2v) is 11.5. The van der Waals surface area contributed by atoms with Crippen LogP contribution in [-0.4, -0.2) is 66.6 Å². The summed E-state index contributed by atoms with van der Waals surface area (Å²) in [6.45, 7) is 0.705. The number of benzene rings is 4. The number of hydrogen-bond acceptors (Lipinski definition) is 4. The first kappa shape index (κ1) is 30.4. The van der Waals surface area contributed by atoms with E-state index in [0.29, 0.717) is 49.5 Å². The molecule has 232 valence electrons. The lowest BCUT2D eigenvalue weighted by Crippen LogP contribution is -2.59. The summed E-state index contributed by atoms with van der Waals surface area (Å²) in [6, 6.07) is 31.2. The number of nitrogens with one attached hydrogen (secondary N) is 1. The number of carbonyl (C=O) groups excluding carboxylic acids is 2. The summed E-state index contributed by atoms with van der Waals surface area (Å²) in [5.74, 6) is -0.376. The van der Waals surface area contributed by atoms with Gasteiger partial charge in [0.1, 0.15) is 18.0 Å². The molecule has 1 aliphatic carbocycles. The van der Waals surface area contributed by atoms with Crippen molar-refractivity contribution in [2.24, 2.45) is 0 Å². The van der Waals surface area contributed by atoms with Crippen LogP contribution in [0.2, 0.25) is 0 Å². The number of carbonyl (C=O) groups is 2. The van der Waals surface area contributed by atoms with Gasteiger partial charge in [-0.15, -0.1) is 0 Å². The van der Waals surface area contributed by atoms with E-state index in [-0.39, 0.29) is 18.5 Å². The minimum atomic E-state index is -4.50. The van der Waals surface area contributed by atoms with Crippen molar-refractivity contribution >= 4 is 11.8 Å². The number of halogens is 3. The van der Waals surface area contributed by atoms with Crippen molar-refractivity contribution in [2.75, 3.05) is 32.7 Å². The van der Waals surface area contributed by atoms with Crippen LogP contribution >= 0.6 is 0 Å². The van der Waals surface area contributed by atoms with Gasteiger partial charge in [-0.25, -0.2) is 0 Å². The van der Waals surface area contributed by atoms with Crippen LogP contribution in [0.1, 0.15) is 40.2 Å². The Balaban J connectivity index is 1.00. The first-order valence-corrected chi connectivity index (χ1v) is 15.2. The molecule has 4 aromatic carbocycles. The fraction of sp³-hybridized carbons (Fsp3) is 0.278. The molecule has 4 aromatic rings. The van der Waals surface area contributed by atoms with Crippen LogP contribution in [0.3, 0.4) is 0 Å². The molecule has 0 aromatic heterocycles. The highest BCUT2D eigenvalue weighted by Gasteiger charge is 2.40. The number of hydrogen-bond donors (Lipinski definition) is 1. The second kappa shape index (κ2) is 13.2. The largest absolute Gasteiger partial charge is 0.457 e. The number of nitrogens with zero attached hydrogens (tertiary/aromatic N) is 2. The average molecular weight is 614 g/mol. The van der Waals surface area contributed by atoms with Gasteiger partial charge in [0, 0.05) is 19.6 Å². The van der Waals surface area contributed by atoms with E-state index in [0.717, 1.165) is 27.2 Å². The monoisotopic (exact) mass is 613 g/mol. The van der Waals surface area contributed by atoms with E-state index in [1.54, 1.807) is 18.2 Å². The molecule has 0 saturated carbocycles. The summed E-state index contributed by atoms with van der Waals surface area (Å²) in [4.78, 5) is 29.8. The molecule has 2 aliphatic rings. The van der Waals surface area contributed by atoms with E-state index >= 15 is 0 Å². The minimum absolute atomic E-state index is 0.0192. The predicted octanol–water partition coefficient (Wildman–Crippen LogP) is 6.88. The Morgan fingerprint density at radius 1 is 0.800 bits per heavy atom. The van der Waals surface area contributed by atoms with Crippen LogP contribution in [0.4, 0.5) is 13.2 Å². The third-order valence-corrected chi connectivity index (χ3v) is 8.31. The first-order valence-electron chi connectivity index (χ1n) is 15.2. The maximum Gasteiger partial charge on any atom is 0.406 e. The lowest BCUT2D eigenvalue weighted by atomic mass is 9.95. The average Bonchev–Trinajstić information content (AvgIpc) is 3.35. The number of fused-ring (bicyclic) bond motifs is 3. The molecule has 6 rings (SSSR count). The van der Waals surface area contributed by atoms with Gasteiger partial charge in [-0.2, -0.15) is 13.2 Å². The summed E-state index contributed by atoms with van der Waals surface area (Å²) >= 11 is 0. The number of para-hydroxylation sites is 2. The van der Waals surface area contributed by atoms with Crippen molar-refractivity contribution in [3.05, 3.63) is 120 Å². The highest BCUT2D eigenvalue weighted by Crippen LogP contribution is 2.45. The SMILES string of the molecule is O=C(NC1CN(CCCCN(CC(F)(F)F)C(=O)C2c3ccccc3-c3ccccc32)C1)c1ccccc1Oc1ccccc1. The normalized spacial score (nSPS) is 14.7. The van der Waals surface area contributed by atoms with Crippen molar-refractivity contribution in [1.29, 1.82) is 0 Å². The quantitative estimate of drug-likeness (QED) is 0.188. The van der Waals surface area contributed by atoms with Gasteiger partial charge in [0.2, 0.25) is 5.91 Å². The van der Waals surface area contributed by atoms with Crippen molar-refractivity contribution in [3.8, 4) is 22.6 Å². The number of rotatable bonds is 11. The number of alkyl halides is 3. The van der Waals surface area contributed by atoms with Crippen LogP contribution in [0.5, 0.6) is 11.5 Å². The van der Waals surface area contributed by atoms with Gasteiger partial charge in [-0.05, 0) is 65.9 Å². The molecular formula is C36H34F3N3O3. The van der Waals surface area contributed by atoms with Gasteiger partial charge in [0.15, 0.2) is 0 Å². The fourth-order valence-electron chi connectivity index (χ4n) is 6.19. The predicted molar refractivity (Wildman–Crippen MR) is 166 cm³/mol. The summed E-state index contributed by atoms with van der Waals surface area (Å²) < 4.78 is 46.7. The van der Waals surface area contributed by atoms with Gasteiger partial charge < -0.3 is 15.0 Å². The number of ether oxygens (including phenoxy) is 1. The Morgan fingerprint density at radius 3 is 2.07 bits per heavy atom. The maximum atomic E-state index is 13.7. The van der Waals surface area contributed by atoms with Gasteiger partial charge in [-0.1, -0.05) is 78.9 Å². The molecule has 2 amide bonds. The van der Waals surface area contributed by atoms with E-state index in [4.69, 9.17) is 4.74 Å². The molecule has 45 heavy (non-hydrogen) atoms. The molecular weight excluding hydrogens is 579 g/mol. The number of unbranched alkanes of at least 4 members (excludes halogenated alkanes) is 1. The van der Waals surface area contributed by atoms with Crippen LogP contribution < -0.4 is 10.1 Å². The van der Waals surface area contributed by atoms with Crippen molar-refractivity contribution in [2.45, 2.75) is 31.0 Å². The van der Waals surface area contributed by atoms with Crippen molar-refractivity contribution in [1.82, 2.24) is 15.1 Å². The Labute approximate surface area is 260 Å². The molecule has 6 nitrogen and oxygen atoms in total. The van der Waals surface area contributed by atoms with E-state index in [1.165, 1.54) is 0 Å². The maximum absolute atomic E-state index is 13.7. The molecule has 0 radical (unpaired) electrons. The summed E-state index contributed by atoms with van der Waals surface area (Å²) in [5, 5.41) is 3.05.